The highest BCUT2D eigenvalue weighted by atomic mass is 35.5. The molecule has 1 aliphatic carbocycles. The summed E-state index contributed by atoms with van der Waals surface area (Å²) in [4.78, 5) is 0.0515. The molecule has 2 rings (SSSR count). The van der Waals surface area contributed by atoms with Crippen LogP contribution in [0.15, 0.2) is 23.1 Å². The maximum Gasteiger partial charge on any atom is 0.240 e. The lowest BCUT2D eigenvalue weighted by Crippen LogP contribution is -2.41. The van der Waals surface area contributed by atoms with Crippen LogP contribution < -0.4 is 10.5 Å². The Morgan fingerprint density at radius 1 is 1.53 bits per heavy atom. The molecule has 0 radical (unpaired) electrons. The number of nitrogens with two attached hydrogens (primary N) is 1. The standard InChI is InChI=1S/C12H14ClN3O2S/c13-11-5-10(4-3-9(11)6-14)19(17,18)16-12(7-15)8-1-2-8/h3-5,8,12,16H,1-2,7,15H2. The van der Waals surface area contributed by atoms with Gasteiger partial charge in [0.2, 0.25) is 10.0 Å². The average Bonchev–Trinajstić information content (AvgIpc) is 3.20. The predicted octanol–water partition coefficient (Wildman–Crippen LogP) is 1.23. The number of halogens is 1. The minimum Gasteiger partial charge on any atom is -0.329 e. The lowest BCUT2D eigenvalue weighted by atomic mass is 10.2. The molecular weight excluding hydrogens is 286 g/mol. The van der Waals surface area contributed by atoms with E-state index < -0.39 is 10.0 Å². The number of sulfonamides is 1. The van der Waals surface area contributed by atoms with Crippen molar-refractivity contribution in [3.8, 4) is 6.07 Å². The molecule has 7 heteroatoms. The molecule has 102 valence electrons. The molecule has 0 aliphatic heterocycles. The van der Waals surface area contributed by atoms with E-state index in [1.165, 1.54) is 18.2 Å². The van der Waals surface area contributed by atoms with E-state index in [2.05, 4.69) is 4.72 Å². The van der Waals surface area contributed by atoms with E-state index in [9.17, 15) is 8.42 Å². The molecule has 0 aromatic heterocycles. The molecule has 0 saturated heterocycles. The van der Waals surface area contributed by atoms with Crippen LogP contribution in [0.4, 0.5) is 0 Å². The molecule has 0 bridgehead atoms. The minimum absolute atomic E-state index is 0.0515. The third kappa shape index (κ3) is 3.25. The van der Waals surface area contributed by atoms with Crippen LogP contribution in [0.5, 0.6) is 0 Å². The zero-order valence-corrected chi connectivity index (χ0v) is 11.7. The molecule has 1 aromatic rings. The van der Waals surface area contributed by atoms with Crippen molar-refractivity contribution in [3.05, 3.63) is 28.8 Å². The van der Waals surface area contributed by atoms with E-state index >= 15 is 0 Å². The van der Waals surface area contributed by atoms with Gasteiger partial charge in [-0.3, -0.25) is 0 Å². The monoisotopic (exact) mass is 299 g/mol. The Balaban J connectivity index is 2.24. The van der Waals surface area contributed by atoms with Gasteiger partial charge in [0.1, 0.15) is 6.07 Å². The van der Waals surface area contributed by atoms with E-state index in [1.54, 1.807) is 0 Å². The molecule has 1 saturated carbocycles. The second-order valence-corrected chi connectivity index (χ2v) is 6.68. The maximum atomic E-state index is 12.2. The van der Waals surface area contributed by atoms with Gasteiger partial charge in [0.15, 0.2) is 0 Å². The first-order valence-corrected chi connectivity index (χ1v) is 7.76. The first-order chi connectivity index (χ1) is 8.97. The van der Waals surface area contributed by atoms with Crippen molar-refractivity contribution >= 4 is 21.6 Å². The van der Waals surface area contributed by atoms with Gasteiger partial charge < -0.3 is 5.73 Å². The Morgan fingerprint density at radius 2 is 2.21 bits per heavy atom. The van der Waals surface area contributed by atoms with E-state index in [0.717, 1.165) is 12.8 Å². The van der Waals surface area contributed by atoms with Gasteiger partial charge >= 0.3 is 0 Å². The van der Waals surface area contributed by atoms with Gasteiger partial charge in [-0.2, -0.15) is 5.26 Å². The molecule has 0 amide bonds. The Kier molecular flexibility index (Phi) is 4.11. The van der Waals surface area contributed by atoms with E-state index in [-0.39, 0.29) is 28.1 Å². The van der Waals surface area contributed by atoms with Crippen LogP contribution >= 0.6 is 11.6 Å². The molecular formula is C12H14ClN3O2S. The average molecular weight is 300 g/mol. The molecule has 3 N–H and O–H groups in total. The van der Waals surface area contributed by atoms with Crippen LogP contribution in [0.3, 0.4) is 0 Å². The normalized spacial score (nSPS) is 16.9. The molecule has 0 heterocycles. The summed E-state index contributed by atoms with van der Waals surface area (Å²) < 4.78 is 26.9. The number of nitriles is 1. The van der Waals surface area contributed by atoms with E-state index in [4.69, 9.17) is 22.6 Å². The van der Waals surface area contributed by atoms with Gasteiger partial charge in [-0.05, 0) is 37.0 Å². The Morgan fingerprint density at radius 3 is 2.68 bits per heavy atom. The van der Waals surface area contributed by atoms with Crippen LogP contribution in [0, 0.1) is 17.2 Å². The fraction of sp³-hybridized carbons (Fsp3) is 0.417. The van der Waals surface area contributed by atoms with Crippen LogP contribution in [-0.4, -0.2) is 21.0 Å². The highest BCUT2D eigenvalue weighted by Gasteiger charge is 2.33. The van der Waals surface area contributed by atoms with Gasteiger partial charge in [-0.25, -0.2) is 13.1 Å². The smallest absolute Gasteiger partial charge is 0.240 e. The molecule has 1 aromatic carbocycles. The summed E-state index contributed by atoms with van der Waals surface area (Å²) in [5, 5.41) is 8.89. The van der Waals surface area contributed by atoms with Gasteiger partial charge in [-0.15, -0.1) is 0 Å². The van der Waals surface area contributed by atoms with Crippen LogP contribution in [0.2, 0.25) is 5.02 Å². The Hall–Kier alpha value is -1.13. The second-order valence-electron chi connectivity index (χ2n) is 4.55. The molecule has 0 spiro atoms. The molecule has 1 fully saturated rings. The number of nitrogens with zero attached hydrogens (tertiary/aromatic N) is 1. The highest BCUT2D eigenvalue weighted by molar-refractivity contribution is 7.89. The zero-order chi connectivity index (χ0) is 14.0. The Bertz CT molecular complexity index is 620. The van der Waals surface area contributed by atoms with Crippen molar-refractivity contribution < 1.29 is 8.42 Å². The second kappa shape index (κ2) is 5.47. The van der Waals surface area contributed by atoms with E-state index in [0.29, 0.717) is 5.92 Å². The van der Waals surface area contributed by atoms with E-state index in [1.807, 2.05) is 6.07 Å². The number of hydrogen-bond donors (Lipinski definition) is 2. The first-order valence-electron chi connectivity index (χ1n) is 5.90. The maximum absolute atomic E-state index is 12.2. The van der Waals surface area contributed by atoms with Crippen molar-refractivity contribution in [2.24, 2.45) is 11.7 Å². The van der Waals surface area contributed by atoms with Crippen molar-refractivity contribution in [1.82, 2.24) is 4.72 Å². The number of benzene rings is 1. The topological polar surface area (TPSA) is 96.0 Å². The minimum atomic E-state index is -3.65. The zero-order valence-electron chi connectivity index (χ0n) is 10.1. The molecule has 1 unspecified atom stereocenters. The van der Waals surface area contributed by atoms with Gasteiger partial charge in [0.05, 0.1) is 15.5 Å². The fourth-order valence-electron chi connectivity index (χ4n) is 1.86. The lowest BCUT2D eigenvalue weighted by Gasteiger charge is -2.16. The summed E-state index contributed by atoms with van der Waals surface area (Å²) in [6.45, 7) is 0.272. The lowest BCUT2D eigenvalue weighted by molar-refractivity contribution is 0.519. The number of rotatable bonds is 5. The van der Waals surface area contributed by atoms with Gasteiger partial charge in [-0.1, -0.05) is 11.6 Å². The largest absolute Gasteiger partial charge is 0.329 e. The summed E-state index contributed by atoms with van der Waals surface area (Å²) in [5.74, 6) is 0.327. The quantitative estimate of drug-likeness (QED) is 0.854. The number of hydrogen-bond acceptors (Lipinski definition) is 4. The Labute approximate surface area is 117 Å². The number of nitrogens with one attached hydrogen (secondary N) is 1. The van der Waals surface area contributed by atoms with Crippen molar-refractivity contribution in [2.75, 3.05) is 6.54 Å². The summed E-state index contributed by atoms with van der Waals surface area (Å²) in [7, 11) is -3.65. The molecule has 1 aliphatic rings. The summed E-state index contributed by atoms with van der Waals surface area (Å²) >= 11 is 5.84. The highest BCUT2D eigenvalue weighted by Crippen LogP contribution is 2.33. The van der Waals surface area contributed by atoms with Gasteiger partial charge in [0.25, 0.3) is 0 Å². The summed E-state index contributed by atoms with van der Waals surface area (Å²) in [5.41, 5.74) is 5.83. The third-order valence-corrected chi connectivity index (χ3v) is 4.92. The SMILES string of the molecule is N#Cc1ccc(S(=O)(=O)NC(CN)C2CC2)cc1Cl. The molecule has 5 nitrogen and oxygen atoms in total. The van der Waals surface area contributed by atoms with Crippen LogP contribution in [0.1, 0.15) is 18.4 Å². The molecule has 1 atom stereocenters. The van der Waals surface area contributed by atoms with Gasteiger partial charge in [0, 0.05) is 12.6 Å². The van der Waals surface area contributed by atoms with Crippen molar-refractivity contribution in [2.45, 2.75) is 23.8 Å². The fourth-order valence-corrected chi connectivity index (χ4v) is 3.49. The van der Waals surface area contributed by atoms with Crippen molar-refractivity contribution in [1.29, 1.82) is 5.26 Å². The first kappa shape index (κ1) is 14.3. The summed E-state index contributed by atoms with van der Waals surface area (Å²) in [6, 6.07) is 5.69. The van der Waals surface area contributed by atoms with Crippen molar-refractivity contribution in [3.63, 3.8) is 0 Å². The predicted molar refractivity (Wildman–Crippen MR) is 72.1 cm³/mol. The third-order valence-electron chi connectivity index (χ3n) is 3.12. The van der Waals surface area contributed by atoms with Crippen LogP contribution in [-0.2, 0) is 10.0 Å². The molecule has 19 heavy (non-hydrogen) atoms. The summed E-state index contributed by atoms with van der Waals surface area (Å²) in [6.07, 6.45) is 2.00. The van der Waals surface area contributed by atoms with Crippen LogP contribution in [0.25, 0.3) is 0 Å².